The average Bonchev–Trinajstić information content (AvgIpc) is 2.83. The smallest absolute Gasteiger partial charge is 0.0798 e. The van der Waals surface area contributed by atoms with Crippen LogP contribution >= 0.6 is 27.3 Å². The van der Waals surface area contributed by atoms with Crippen LogP contribution in [0.4, 0.5) is 0 Å². The lowest BCUT2D eigenvalue weighted by atomic mass is 10.0. The van der Waals surface area contributed by atoms with Gasteiger partial charge in [-0.25, -0.2) is 4.98 Å². The van der Waals surface area contributed by atoms with Crippen LogP contribution in [0.5, 0.6) is 0 Å². The van der Waals surface area contributed by atoms with Crippen molar-refractivity contribution in [3.8, 4) is 0 Å². The van der Waals surface area contributed by atoms with Crippen LogP contribution in [-0.4, -0.2) is 11.5 Å². The summed E-state index contributed by atoms with van der Waals surface area (Å²) in [5.41, 5.74) is 4.42. The molecule has 4 heteroatoms. The lowest BCUT2D eigenvalue weighted by Crippen LogP contribution is -2.24. The second kappa shape index (κ2) is 7.17. The molecule has 0 bridgehead atoms. The third-order valence-corrected chi connectivity index (χ3v) is 4.94. The van der Waals surface area contributed by atoms with Crippen molar-refractivity contribution in [2.24, 2.45) is 0 Å². The van der Waals surface area contributed by atoms with E-state index in [1.165, 1.54) is 14.9 Å². The molecule has 1 atom stereocenters. The highest BCUT2D eigenvalue weighted by Gasteiger charge is 2.17. The maximum Gasteiger partial charge on any atom is 0.0798 e. The molecule has 0 spiro atoms. The van der Waals surface area contributed by atoms with Crippen molar-refractivity contribution < 1.29 is 0 Å². The monoisotopic (exact) mass is 338 g/mol. The van der Waals surface area contributed by atoms with E-state index < -0.39 is 0 Å². The molecule has 1 heterocycles. The Labute approximate surface area is 127 Å². The van der Waals surface area contributed by atoms with Crippen molar-refractivity contribution in [3.63, 3.8) is 0 Å². The number of nitrogens with zero attached hydrogens (tertiary/aromatic N) is 1. The fraction of sp³-hybridized carbons (Fsp3) is 0.400. The van der Waals surface area contributed by atoms with Gasteiger partial charge in [0.1, 0.15) is 0 Å². The summed E-state index contributed by atoms with van der Waals surface area (Å²) in [5.74, 6) is 0. The molecule has 2 nitrogen and oxygen atoms in total. The largest absolute Gasteiger partial charge is 0.309 e. The molecule has 0 saturated heterocycles. The summed E-state index contributed by atoms with van der Waals surface area (Å²) < 4.78 is 1.18. The molecular weight excluding hydrogens is 320 g/mol. The summed E-state index contributed by atoms with van der Waals surface area (Å²) in [5, 5.41) is 3.64. The Morgan fingerprint density at radius 1 is 1.37 bits per heavy atom. The van der Waals surface area contributed by atoms with Gasteiger partial charge in [-0.05, 0) is 37.9 Å². The number of aryl methyl sites for hydroxylation is 1. The van der Waals surface area contributed by atoms with Crippen molar-refractivity contribution in [1.82, 2.24) is 10.3 Å². The fourth-order valence-electron chi connectivity index (χ4n) is 2.11. The Kier molecular flexibility index (Phi) is 5.55. The number of hydrogen-bond acceptors (Lipinski definition) is 3. The van der Waals surface area contributed by atoms with Gasteiger partial charge in [0.2, 0.25) is 0 Å². The molecule has 0 aliphatic heterocycles. The van der Waals surface area contributed by atoms with Crippen molar-refractivity contribution in [2.75, 3.05) is 6.54 Å². The zero-order chi connectivity index (χ0) is 13.7. The molecule has 0 fully saturated rings. The molecule has 19 heavy (non-hydrogen) atoms. The Balaban J connectivity index is 2.19. The normalized spacial score (nSPS) is 12.6. The van der Waals surface area contributed by atoms with Crippen molar-refractivity contribution in [1.29, 1.82) is 0 Å². The molecule has 0 aliphatic carbocycles. The molecule has 0 radical (unpaired) electrons. The van der Waals surface area contributed by atoms with Crippen LogP contribution in [-0.2, 0) is 6.42 Å². The van der Waals surface area contributed by atoms with E-state index in [1.54, 1.807) is 11.3 Å². The number of hydrogen-bond donors (Lipinski definition) is 1. The quantitative estimate of drug-likeness (QED) is 0.838. The van der Waals surface area contributed by atoms with Crippen molar-refractivity contribution >= 4 is 27.3 Å². The molecule has 1 aromatic carbocycles. The van der Waals surface area contributed by atoms with Gasteiger partial charge in [0.25, 0.3) is 0 Å². The molecule has 2 aromatic rings. The van der Waals surface area contributed by atoms with Gasteiger partial charge in [-0.2, -0.15) is 0 Å². The van der Waals surface area contributed by atoms with E-state index in [1.807, 2.05) is 5.51 Å². The highest BCUT2D eigenvalue weighted by molar-refractivity contribution is 9.10. The van der Waals surface area contributed by atoms with Crippen LogP contribution in [0.2, 0.25) is 0 Å². The maximum absolute atomic E-state index is 4.38. The molecule has 1 aromatic heterocycles. The Morgan fingerprint density at radius 3 is 2.79 bits per heavy atom. The highest BCUT2D eigenvalue weighted by atomic mass is 79.9. The van der Waals surface area contributed by atoms with Crippen LogP contribution in [0.3, 0.4) is 0 Å². The summed E-state index contributed by atoms with van der Waals surface area (Å²) in [7, 11) is 0. The van der Waals surface area contributed by atoms with Gasteiger partial charge >= 0.3 is 0 Å². The van der Waals surface area contributed by atoms with Crippen LogP contribution in [0.1, 0.15) is 35.5 Å². The van der Waals surface area contributed by atoms with Gasteiger partial charge in [0.15, 0.2) is 0 Å². The van der Waals surface area contributed by atoms with E-state index in [2.05, 4.69) is 64.3 Å². The fourth-order valence-corrected chi connectivity index (χ4v) is 3.43. The first-order valence-corrected chi connectivity index (χ1v) is 8.26. The summed E-state index contributed by atoms with van der Waals surface area (Å²) >= 11 is 5.38. The van der Waals surface area contributed by atoms with E-state index in [0.29, 0.717) is 6.04 Å². The summed E-state index contributed by atoms with van der Waals surface area (Å²) in [4.78, 5) is 5.73. The first kappa shape index (κ1) is 14.7. The van der Waals surface area contributed by atoms with Crippen LogP contribution in [0.15, 0.2) is 34.2 Å². The summed E-state index contributed by atoms with van der Waals surface area (Å²) in [6.07, 6.45) is 2.13. The molecular formula is C15H19BrN2S. The van der Waals surface area contributed by atoms with Crippen molar-refractivity contribution in [3.05, 3.63) is 50.4 Å². The number of rotatable bonds is 6. The number of nitrogens with one attached hydrogen (secondary N) is 1. The average molecular weight is 339 g/mol. The lowest BCUT2D eigenvalue weighted by molar-refractivity contribution is 0.533. The van der Waals surface area contributed by atoms with E-state index in [0.717, 1.165) is 25.1 Å². The number of halogens is 1. The topological polar surface area (TPSA) is 24.9 Å². The Bertz CT molecular complexity index is 524. The molecule has 0 saturated carbocycles. The minimum atomic E-state index is 0.353. The second-order valence-electron chi connectivity index (χ2n) is 4.60. The number of benzene rings is 1. The maximum atomic E-state index is 4.38. The number of thiazole rings is 1. The zero-order valence-electron chi connectivity index (χ0n) is 11.3. The summed E-state index contributed by atoms with van der Waals surface area (Å²) in [6.45, 7) is 5.32. The standard InChI is InChI=1S/C15H19BrN2S/c1-3-8-17-14(15-11(2)18-10-19-15)9-12-6-4-5-7-13(12)16/h4-7,10,14,17H,3,8-9H2,1-2H3. The second-order valence-corrected chi connectivity index (χ2v) is 6.34. The first-order chi connectivity index (χ1) is 9.22. The first-order valence-electron chi connectivity index (χ1n) is 6.59. The van der Waals surface area contributed by atoms with Crippen LogP contribution in [0, 0.1) is 6.92 Å². The number of aromatic nitrogens is 1. The molecule has 0 amide bonds. The molecule has 0 aliphatic rings. The molecule has 1 unspecified atom stereocenters. The molecule has 2 rings (SSSR count). The zero-order valence-corrected chi connectivity index (χ0v) is 13.7. The highest BCUT2D eigenvalue weighted by Crippen LogP contribution is 2.27. The SMILES string of the molecule is CCCNC(Cc1ccccc1Br)c1scnc1C. The van der Waals surface area contributed by atoms with E-state index in [-0.39, 0.29) is 0 Å². The van der Waals surface area contributed by atoms with Gasteiger partial charge in [-0.1, -0.05) is 41.1 Å². The van der Waals surface area contributed by atoms with Crippen molar-refractivity contribution in [2.45, 2.75) is 32.7 Å². The van der Waals surface area contributed by atoms with E-state index in [9.17, 15) is 0 Å². The van der Waals surface area contributed by atoms with Crippen LogP contribution in [0.25, 0.3) is 0 Å². The minimum Gasteiger partial charge on any atom is -0.309 e. The van der Waals surface area contributed by atoms with Crippen LogP contribution < -0.4 is 5.32 Å². The third kappa shape index (κ3) is 3.88. The van der Waals surface area contributed by atoms with E-state index in [4.69, 9.17) is 0 Å². The van der Waals surface area contributed by atoms with Gasteiger partial charge in [0.05, 0.1) is 11.2 Å². The minimum absolute atomic E-state index is 0.353. The van der Waals surface area contributed by atoms with E-state index >= 15 is 0 Å². The Hall–Kier alpha value is -0.710. The lowest BCUT2D eigenvalue weighted by Gasteiger charge is -2.18. The predicted octanol–water partition coefficient (Wildman–Crippen LogP) is 4.50. The third-order valence-electron chi connectivity index (χ3n) is 3.12. The Morgan fingerprint density at radius 2 is 2.16 bits per heavy atom. The van der Waals surface area contributed by atoms with Gasteiger partial charge in [-0.15, -0.1) is 11.3 Å². The van der Waals surface area contributed by atoms with Gasteiger partial charge in [-0.3, -0.25) is 0 Å². The molecule has 102 valence electrons. The molecule has 1 N–H and O–H groups in total. The van der Waals surface area contributed by atoms with Gasteiger partial charge < -0.3 is 5.32 Å². The predicted molar refractivity (Wildman–Crippen MR) is 85.7 cm³/mol. The van der Waals surface area contributed by atoms with Gasteiger partial charge in [0, 0.05) is 15.4 Å². The summed E-state index contributed by atoms with van der Waals surface area (Å²) in [6, 6.07) is 8.79.